The fourth-order valence-corrected chi connectivity index (χ4v) is 4.97. The highest BCUT2D eigenvalue weighted by molar-refractivity contribution is 7.52. The Balaban J connectivity index is 1.76. The summed E-state index contributed by atoms with van der Waals surface area (Å²) in [6.45, 7) is 4.36. The van der Waals surface area contributed by atoms with E-state index in [-0.39, 0.29) is 29.3 Å². The maximum atomic E-state index is 13.6. The number of nitrogens with one attached hydrogen (secondary N) is 1. The topological polar surface area (TPSA) is 168 Å². The number of aromatic nitrogens is 2. The number of carbonyl (C=O) groups excluding carboxylic acids is 1. The number of benzene rings is 1. The van der Waals surface area contributed by atoms with E-state index in [1.165, 1.54) is 27.3 Å². The van der Waals surface area contributed by atoms with Gasteiger partial charge >= 0.3 is 19.7 Å². The lowest BCUT2D eigenvalue weighted by atomic mass is 10.0. The SMILES string of the molecule is COc1ncc(C2OC(COP(=O)(N[C@@H](C)C(=O)OC(C)C)Oc3ccccc3)[C@@H](O)[C@H]2O)c(OC)n1. The molecule has 37 heavy (non-hydrogen) atoms. The normalized spacial score (nSPS) is 23.8. The zero-order valence-corrected chi connectivity index (χ0v) is 22.0. The van der Waals surface area contributed by atoms with E-state index >= 15 is 0 Å². The second-order valence-electron chi connectivity index (χ2n) is 8.43. The van der Waals surface area contributed by atoms with Gasteiger partial charge < -0.3 is 33.7 Å². The van der Waals surface area contributed by atoms with Crippen molar-refractivity contribution in [1.29, 1.82) is 0 Å². The number of ether oxygens (including phenoxy) is 4. The third-order valence-corrected chi connectivity index (χ3v) is 6.88. The summed E-state index contributed by atoms with van der Waals surface area (Å²) in [5.74, 6) is -0.356. The van der Waals surface area contributed by atoms with Gasteiger partial charge in [0.25, 0.3) is 0 Å². The summed E-state index contributed by atoms with van der Waals surface area (Å²) in [4.78, 5) is 20.4. The quantitative estimate of drug-likeness (QED) is 0.263. The summed E-state index contributed by atoms with van der Waals surface area (Å²) in [7, 11) is -1.44. The Morgan fingerprint density at radius 2 is 1.84 bits per heavy atom. The number of rotatable bonds is 12. The second-order valence-corrected chi connectivity index (χ2v) is 10.1. The summed E-state index contributed by atoms with van der Waals surface area (Å²) < 4.78 is 46.0. The van der Waals surface area contributed by atoms with Crippen molar-refractivity contribution in [2.75, 3.05) is 20.8 Å². The fraction of sp³-hybridized carbons (Fsp3) is 0.522. The minimum atomic E-state index is -4.20. The molecule has 6 atom stereocenters. The number of methoxy groups -OCH3 is 2. The Bertz CT molecular complexity index is 1090. The van der Waals surface area contributed by atoms with Gasteiger partial charge in [-0.2, -0.15) is 10.1 Å². The Morgan fingerprint density at radius 1 is 1.14 bits per heavy atom. The monoisotopic (exact) mass is 541 g/mol. The fourth-order valence-electron chi connectivity index (χ4n) is 3.47. The van der Waals surface area contributed by atoms with Crippen LogP contribution in [-0.4, -0.2) is 77.4 Å². The number of aliphatic hydroxyl groups excluding tert-OH is 2. The van der Waals surface area contributed by atoms with Crippen LogP contribution in [0.1, 0.15) is 32.4 Å². The minimum absolute atomic E-state index is 0.0451. The molecule has 204 valence electrons. The molecule has 2 aromatic rings. The van der Waals surface area contributed by atoms with Gasteiger partial charge in [-0.05, 0) is 32.9 Å². The van der Waals surface area contributed by atoms with Crippen molar-refractivity contribution in [1.82, 2.24) is 15.1 Å². The van der Waals surface area contributed by atoms with Gasteiger partial charge in [-0.1, -0.05) is 18.2 Å². The molecule has 14 heteroatoms. The number of aliphatic hydroxyl groups is 2. The first-order valence-corrected chi connectivity index (χ1v) is 13.0. The molecule has 13 nitrogen and oxygen atoms in total. The molecule has 0 radical (unpaired) electrons. The first-order valence-electron chi connectivity index (χ1n) is 11.5. The van der Waals surface area contributed by atoms with Crippen LogP contribution in [0.25, 0.3) is 0 Å². The third kappa shape index (κ3) is 7.37. The number of hydrogen-bond acceptors (Lipinski definition) is 12. The van der Waals surface area contributed by atoms with Crippen LogP contribution in [0.15, 0.2) is 36.5 Å². The van der Waals surface area contributed by atoms with Gasteiger partial charge in [-0.15, -0.1) is 0 Å². The average Bonchev–Trinajstić information content (AvgIpc) is 3.15. The number of hydrogen-bond donors (Lipinski definition) is 3. The highest BCUT2D eigenvalue weighted by atomic mass is 31.2. The van der Waals surface area contributed by atoms with Crippen LogP contribution in [0.5, 0.6) is 17.6 Å². The van der Waals surface area contributed by atoms with Gasteiger partial charge in [0.05, 0.1) is 32.5 Å². The van der Waals surface area contributed by atoms with Crippen molar-refractivity contribution in [3.63, 3.8) is 0 Å². The molecule has 3 N–H and O–H groups in total. The van der Waals surface area contributed by atoms with Crippen LogP contribution in [-0.2, 0) is 23.4 Å². The molecule has 0 bridgehead atoms. The average molecular weight is 541 g/mol. The van der Waals surface area contributed by atoms with E-state index in [1.807, 2.05) is 0 Å². The molecule has 1 aromatic heterocycles. The molecule has 1 aliphatic heterocycles. The van der Waals surface area contributed by atoms with Crippen molar-refractivity contribution >= 4 is 13.7 Å². The van der Waals surface area contributed by atoms with Crippen molar-refractivity contribution in [2.45, 2.75) is 57.3 Å². The summed E-state index contributed by atoms with van der Waals surface area (Å²) in [5, 5.41) is 23.8. The molecule has 3 rings (SSSR count). The highest BCUT2D eigenvalue weighted by Crippen LogP contribution is 2.46. The second kappa shape index (κ2) is 12.6. The molecule has 2 heterocycles. The summed E-state index contributed by atoms with van der Waals surface area (Å²) >= 11 is 0. The molecular formula is C23H32N3O10P. The number of carbonyl (C=O) groups is 1. The predicted molar refractivity (Wildman–Crippen MR) is 129 cm³/mol. The summed E-state index contributed by atoms with van der Waals surface area (Å²) in [5.41, 5.74) is 0.268. The van der Waals surface area contributed by atoms with Crippen molar-refractivity contribution < 1.29 is 47.6 Å². The standard InChI is InChI=1S/C23H32N3O10P/c1-13(2)34-22(29)14(3)26-37(30,36-15-9-7-6-8-10-15)33-12-17-18(27)19(28)20(35-17)16-11-24-23(32-5)25-21(16)31-4/h6-11,13-14,17-20,27-28H,12H2,1-5H3,(H,26,30)/t14-,17?,18+,19+,20?,37?/m0/s1. The smallest absolute Gasteiger partial charge is 0.459 e. The third-order valence-electron chi connectivity index (χ3n) is 5.24. The van der Waals surface area contributed by atoms with Gasteiger partial charge in [-0.25, -0.2) is 9.55 Å². The lowest BCUT2D eigenvalue weighted by Gasteiger charge is -2.25. The van der Waals surface area contributed by atoms with Gasteiger partial charge in [-0.3, -0.25) is 9.32 Å². The maximum Gasteiger partial charge on any atom is 0.459 e. The molecule has 1 saturated heterocycles. The van der Waals surface area contributed by atoms with E-state index in [4.69, 9.17) is 28.0 Å². The minimum Gasteiger partial charge on any atom is -0.481 e. The molecule has 0 aliphatic carbocycles. The molecule has 0 spiro atoms. The Labute approximate surface area is 214 Å². The van der Waals surface area contributed by atoms with Gasteiger partial charge in [0.2, 0.25) is 5.88 Å². The lowest BCUT2D eigenvalue weighted by molar-refractivity contribution is -0.149. The molecule has 1 aliphatic rings. The van der Waals surface area contributed by atoms with Crippen molar-refractivity contribution in [2.24, 2.45) is 0 Å². The number of esters is 1. The lowest BCUT2D eigenvalue weighted by Crippen LogP contribution is -2.38. The van der Waals surface area contributed by atoms with E-state index in [0.717, 1.165) is 0 Å². The molecule has 0 saturated carbocycles. The first-order chi connectivity index (χ1) is 17.6. The van der Waals surface area contributed by atoms with Crippen molar-refractivity contribution in [3.05, 3.63) is 42.1 Å². The van der Waals surface area contributed by atoms with Crippen LogP contribution in [0.4, 0.5) is 0 Å². The largest absolute Gasteiger partial charge is 0.481 e. The number of para-hydroxylation sites is 1. The molecule has 3 unspecified atom stereocenters. The summed E-state index contributed by atoms with van der Waals surface area (Å²) in [6, 6.07) is 7.21. The first kappa shape index (κ1) is 28.8. The predicted octanol–water partition coefficient (Wildman–Crippen LogP) is 1.79. The molecule has 1 aromatic carbocycles. The zero-order valence-electron chi connectivity index (χ0n) is 21.1. The van der Waals surface area contributed by atoms with Crippen LogP contribution in [0, 0.1) is 0 Å². The van der Waals surface area contributed by atoms with Gasteiger partial charge in [0, 0.05) is 6.20 Å². The summed E-state index contributed by atoms with van der Waals surface area (Å²) in [6.07, 6.45) is -4.06. The van der Waals surface area contributed by atoms with E-state index in [2.05, 4.69) is 15.1 Å². The van der Waals surface area contributed by atoms with Gasteiger partial charge in [0.1, 0.15) is 36.2 Å². The zero-order chi connectivity index (χ0) is 27.2. The van der Waals surface area contributed by atoms with Crippen molar-refractivity contribution in [3.8, 4) is 17.6 Å². The molecular weight excluding hydrogens is 509 g/mol. The van der Waals surface area contributed by atoms with Crippen LogP contribution in [0.3, 0.4) is 0 Å². The number of nitrogens with zero attached hydrogens (tertiary/aromatic N) is 2. The van der Waals surface area contributed by atoms with Crippen LogP contribution in [0.2, 0.25) is 0 Å². The Hall–Kier alpha value is -2.80. The van der Waals surface area contributed by atoms with Gasteiger partial charge in [0.15, 0.2) is 0 Å². The molecule has 0 amide bonds. The Morgan fingerprint density at radius 3 is 2.46 bits per heavy atom. The maximum absolute atomic E-state index is 13.6. The van der Waals surface area contributed by atoms with Crippen LogP contribution >= 0.6 is 7.75 Å². The molecule has 1 fully saturated rings. The van der Waals surface area contributed by atoms with E-state index < -0.39 is 50.8 Å². The highest BCUT2D eigenvalue weighted by Gasteiger charge is 2.46. The van der Waals surface area contributed by atoms with Crippen LogP contribution < -0.4 is 19.1 Å². The van der Waals surface area contributed by atoms with E-state index in [0.29, 0.717) is 0 Å². The Kier molecular flexibility index (Phi) is 9.82. The van der Waals surface area contributed by atoms with E-state index in [1.54, 1.807) is 44.2 Å². The van der Waals surface area contributed by atoms with E-state index in [9.17, 15) is 19.6 Å².